The number of aromatic nitrogens is 3. The van der Waals surface area contributed by atoms with Crippen LogP contribution < -0.4 is 15.5 Å². The Balaban J connectivity index is 1.19. The minimum absolute atomic E-state index is 0.121. The highest BCUT2D eigenvalue weighted by Crippen LogP contribution is 2.33. The first kappa shape index (κ1) is 22.9. The van der Waals surface area contributed by atoms with E-state index in [1.54, 1.807) is 18.7 Å². The van der Waals surface area contributed by atoms with Gasteiger partial charge in [0, 0.05) is 37.7 Å². The van der Waals surface area contributed by atoms with Crippen molar-refractivity contribution in [2.45, 2.75) is 24.6 Å². The number of carbonyl (C=O) groups is 2. The van der Waals surface area contributed by atoms with Crippen molar-refractivity contribution in [1.82, 2.24) is 24.6 Å². The van der Waals surface area contributed by atoms with Gasteiger partial charge in [-0.3, -0.25) is 4.79 Å². The third-order valence-corrected chi connectivity index (χ3v) is 6.38. The number of benzene rings is 1. The van der Waals surface area contributed by atoms with Crippen molar-refractivity contribution in [2.24, 2.45) is 0 Å². The summed E-state index contributed by atoms with van der Waals surface area (Å²) in [7, 11) is 0. The summed E-state index contributed by atoms with van der Waals surface area (Å²) in [6, 6.07) is 1.75. The lowest BCUT2D eigenvalue weighted by Crippen LogP contribution is -2.52. The molecule has 0 unspecified atom stereocenters. The van der Waals surface area contributed by atoms with E-state index in [2.05, 4.69) is 25.5 Å². The van der Waals surface area contributed by atoms with E-state index in [1.807, 2.05) is 10.6 Å². The molecule has 1 spiro atoms. The Bertz CT molecular complexity index is 1280. The van der Waals surface area contributed by atoms with Crippen molar-refractivity contribution < 1.29 is 27.2 Å². The highest BCUT2D eigenvalue weighted by molar-refractivity contribution is 5.95. The first-order valence-electron chi connectivity index (χ1n) is 10.9. The number of halogens is 4. The second kappa shape index (κ2) is 8.40. The fourth-order valence-electron chi connectivity index (χ4n) is 4.62. The molecule has 5 rings (SSSR count). The van der Waals surface area contributed by atoms with Crippen LogP contribution in [0.25, 0.3) is 5.52 Å². The van der Waals surface area contributed by atoms with Crippen molar-refractivity contribution in [1.29, 1.82) is 0 Å². The summed E-state index contributed by atoms with van der Waals surface area (Å²) in [5.74, 6) is -1.31. The normalized spacial score (nSPS) is 17.8. The molecule has 2 aromatic heterocycles. The van der Waals surface area contributed by atoms with Gasteiger partial charge in [-0.25, -0.2) is 19.2 Å². The Morgan fingerprint density at radius 2 is 2.00 bits per heavy atom. The molecule has 0 aliphatic carbocycles. The Kier molecular flexibility index (Phi) is 5.49. The molecule has 3 amide bonds. The zero-order valence-electron chi connectivity index (χ0n) is 18.3. The number of urea groups is 1. The number of hydrogen-bond acceptors (Lipinski definition) is 5. The number of carbonyl (C=O) groups excluding carboxylic acids is 2. The molecule has 2 aliphatic heterocycles. The monoisotopic (exact) mass is 491 g/mol. The third-order valence-electron chi connectivity index (χ3n) is 6.38. The molecule has 35 heavy (non-hydrogen) atoms. The number of piperidine rings is 1. The Morgan fingerprint density at radius 3 is 2.71 bits per heavy atom. The quantitative estimate of drug-likeness (QED) is 0.548. The molecule has 3 aromatic rings. The van der Waals surface area contributed by atoms with Gasteiger partial charge in [-0.05, 0) is 31.0 Å². The highest BCUT2D eigenvalue weighted by atomic mass is 19.4. The van der Waals surface area contributed by atoms with Crippen molar-refractivity contribution >= 4 is 29.0 Å². The van der Waals surface area contributed by atoms with E-state index >= 15 is 0 Å². The van der Waals surface area contributed by atoms with E-state index in [9.17, 15) is 27.2 Å². The first-order valence-corrected chi connectivity index (χ1v) is 10.9. The van der Waals surface area contributed by atoms with Gasteiger partial charge in [0.2, 0.25) is 5.91 Å². The predicted molar refractivity (Wildman–Crippen MR) is 117 cm³/mol. The number of fused-ring (bicyclic) bond motifs is 1. The molecule has 0 bridgehead atoms. The Hall–Kier alpha value is -3.90. The number of nitrogens with one attached hydrogen (secondary N) is 2. The molecule has 184 valence electrons. The van der Waals surface area contributed by atoms with Crippen LogP contribution in [0.2, 0.25) is 0 Å². The van der Waals surface area contributed by atoms with Crippen LogP contribution in [-0.4, -0.2) is 62.9 Å². The second-order valence-electron chi connectivity index (χ2n) is 8.73. The molecule has 0 atom stereocenters. The topological polar surface area (TPSA) is 94.9 Å². The summed E-state index contributed by atoms with van der Waals surface area (Å²) in [5, 5.41) is 5.33. The number of nitrogens with zero attached hydrogens (tertiary/aromatic N) is 5. The molecule has 2 aliphatic rings. The summed E-state index contributed by atoms with van der Waals surface area (Å²) in [4.78, 5) is 37.1. The molecular formula is C22H21F4N7O2. The van der Waals surface area contributed by atoms with Gasteiger partial charge in [0.15, 0.2) is 5.82 Å². The van der Waals surface area contributed by atoms with Crippen LogP contribution in [0.3, 0.4) is 0 Å². The maximum absolute atomic E-state index is 13.8. The van der Waals surface area contributed by atoms with Crippen molar-refractivity contribution in [2.75, 3.05) is 36.4 Å². The van der Waals surface area contributed by atoms with E-state index in [0.29, 0.717) is 44.6 Å². The number of rotatable bonds is 4. The highest BCUT2D eigenvalue weighted by Gasteiger charge is 2.45. The van der Waals surface area contributed by atoms with E-state index in [4.69, 9.17) is 0 Å². The van der Waals surface area contributed by atoms with E-state index in [1.165, 1.54) is 4.90 Å². The average Bonchev–Trinajstić information content (AvgIpc) is 3.38. The van der Waals surface area contributed by atoms with Crippen molar-refractivity contribution in [3.05, 3.63) is 54.5 Å². The van der Waals surface area contributed by atoms with Gasteiger partial charge in [0.05, 0.1) is 23.6 Å². The molecule has 4 heterocycles. The maximum atomic E-state index is 13.8. The number of amides is 3. The molecule has 0 radical (unpaired) electrons. The summed E-state index contributed by atoms with van der Waals surface area (Å²) in [6.07, 6.45) is 3.41. The van der Waals surface area contributed by atoms with E-state index in [0.717, 1.165) is 17.4 Å². The fraction of sp³-hybridized carbons (Fsp3) is 0.364. The lowest BCUT2D eigenvalue weighted by molar-refractivity contribution is -0.140. The number of hydrogen-bond donors (Lipinski definition) is 2. The van der Waals surface area contributed by atoms with Crippen molar-refractivity contribution in [3.63, 3.8) is 0 Å². The molecule has 13 heteroatoms. The van der Waals surface area contributed by atoms with Gasteiger partial charge in [-0.2, -0.15) is 13.2 Å². The number of alkyl halides is 3. The first-order chi connectivity index (χ1) is 16.6. The van der Waals surface area contributed by atoms with E-state index in [-0.39, 0.29) is 12.2 Å². The molecule has 2 N–H and O–H groups in total. The maximum Gasteiger partial charge on any atom is 0.419 e. The van der Waals surface area contributed by atoms with Crippen LogP contribution >= 0.6 is 0 Å². The fourth-order valence-corrected chi connectivity index (χ4v) is 4.62. The van der Waals surface area contributed by atoms with Crippen LogP contribution in [-0.2, 0) is 11.0 Å². The van der Waals surface area contributed by atoms with E-state index < -0.39 is 35.0 Å². The van der Waals surface area contributed by atoms with Gasteiger partial charge in [-0.1, -0.05) is 0 Å². The molecular weight excluding hydrogens is 470 g/mol. The van der Waals surface area contributed by atoms with Gasteiger partial charge < -0.3 is 24.8 Å². The third kappa shape index (κ3) is 4.45. The number of imidazole rings is 1. The molecule has 2 saturated heterocycles. The van der Waals surface area contributed by atoms with Crippen molar-refractivity contribution in [3.8, 4) is 0 Å². The summed E-state index contributed by atoms with van der Waals surface area (Å²) in [6.45, 7) is 1.28. The van der Waals surface area contributed by atoms with Gasteiger partial charge in [0.25, 0.3) is 0 Å². The van der Waals surface area contributed by atoms with Crippen LogP contribution in [0.1, 0.15) is 18.4 Å². The Morgan fingerprint density at radius 1 is 1.23 bits per heavy atom. The zero-order chi connectivity index (χ0) is 24.8. The second-order valence-corrected chi connectivity index (χ2v) is 8.73. The predicted octanol–water partition coefficient (Wildman–Crippen LogP) is 2.89. The minimum Gasteiger partial charge on any atom is -0.355 e. The zero-order valence-corrected chi connectivity index (χ0v) is 18.3. The van der Waals surface area contributed by atoms with Crippen LogP contribution in [0, 0.1) is 5.82 Å². The largest absolute Gasteiger partial charge is 0.419 e. The van der Waals surface area contributed by atoms with Gasteiger partial charge >= 0.3 is 12.2 Å². The SMILES string of the molecule is O=C(CN1CC2(CCN(c3nccn4cncc34)CC2)NC1=O)Nc1ccc(C(F)(F)F)c(F)c1. The summed E-state index contributed by atoms with van der Waals surface area (Å²) >= 11 is 0. The molecule has 9 nitrogen and oxygen atoms in total. The standard InChI is InChI=1S/C22H21F4N7O2/c23-16-9-14(1-2-15(16)22(24,25)26)29-18(34)11-33-12-21(30-20(33)35)3-6-31(7-4-21)19-17-10-27-13-32(17)8-5-28-19/h1-2,5,8-10,13H,3-4,6-7,11-12H2,(H,29,34)(H,30,35). The van der Waals surface area contributed by atoms with Crippen LogP contribution in [0.5, 0.6) is 0 Å². The smallest absolute Gasteiger partial charge is 0.355 e. The lowest BCUT2D eigenvalue weighted by atomic mass is 9.88. The minimum atomic E-state index is -4.83. The van der Waals surface area contributed by atoms with Crippen LogP contribution in [0.4, 0.5) is 33.9 Å². The van der Waals surface area contributed by atoms with Gasteiger partial charge in [0.1, 0.15) is 17.9 Å². The van der Waals surface area contributed by atoms with Gasteiger partial charge in [-0.15, -0.1) is 0 Å². The molecule has 0 saturated carbocycles. The Labute approximate surface area is 196 Å². The summed E-state index contributed by atoms with van der Waals surface area (Å²) in [5.41, 5.74) is -1.15. The molecule has 2 fully saturated rings. The van der Waals surface area contributed by atoms with Crippen LogP contribution in [0.15, 0.2) is 43.1 Å². The summed E-state index contributed by atoms with van der Waals surface area (Å²) < 4.78 is 53.8. The molecule has 1 aromatic carbocycles. The lowest BCUT2D eigenvalue weighted by Gasteiger charge is -2.39. The number of anilines is 2. The average molecular weight is 491 g/mol.